The van der Waals surface area contributed by atoms with E-state index in [1.165, 1.54) is 12.1 Å². The molecule has 2 aliphatic heterocycles. The minimum Gasteiger partial charge on any atom is -0.481 e. The summed E-state index contributed by atoms with van der Waals surface area (Å²) in [6.07, 6.45) is 2.65. The molecule has 136 valence electrons. The van der Waals surface area contributed by atoms with Crippen LogP contribution in [-0.4, -0.2) is 48.2 Å². The third-order valence-corrected chi connectivity index (χ3v) is 5.50. The number of ether oxygens (including phenoxy) is 1. The van der Waals surface area contributed by atoms with Crippen molar-refractivity contribution in [3.63, 3.8) is 0 Å². The first kappa shape index (κ1) is 17.9. The van der Waals surface area contributed by atoms with Crippen LogP contribution in [0.4, 0.5) is 4.39 Å². The van der Waals surface area contributed by atoms with E-state index in [2.05, 4.69) is 0 Å². The van der Waals surface area contributed by atoms with Gasteiger partial charge in [-0.15, -0.1) is 0 Å². The Hall–Kier alpha value is -1.95. The van der Waals surface area contributed by atoms with Crippen LogP contribution in [0.15, 0.2) is 24.3 Å². The summed E-state index contributed by atoms with van der Waals surface area (Å²) in [7, 11) is 0. The number of halogens is 1. The number of carboxylic acid groups (broad SMARTS) is 1. The van der Waals surface area contributed by atoms with Gasteiger partial charge < -0.3 is 14.7 Å². The molecule has 1 aromatic rings. The van der Waals surface area contributed by atoms with Gasteiger partial charge in [0.1, 0.15) is 5.82 Å². The summed E-state index contributed by atoms with van der Waals surface area (Å²) in [4.78, 5) is 26.0. The lowest BCUT2D eigenvalue weighted by molar-refractivity contribution is -0.143. The second-order valence-electron chi connectivity index (χ2n) is 7.04. The number of nitrogens with zero attached hydrogens (tertiary/aromatic N) is 1. The Labute approximate surface area is 146 Å². The molecule has 0 spiro atoms. The topological polar surface area (TPSA) is 66.8 Å². The van der Waals surface area contributed by atoms with E-state index in [4.69, 9.17) is 9.84 Å². The highest BCUT2D eigenvalue weighted by molar-refractivity contribution is 5.88. The van der Waals surface area contributed by atoms with E-state index in [-0.39, 0.29) is 24.1 Å². The van der Waals surface area contributed by atoms with Crippen molar-refractivity contribution in [3.8, 4) is 0 Å². The van der Waals surface area contributed by atoms with E-state index in [0.29, 0.717) is 57.6 Å². The van der Waals surface area contributed by atoms with E-state index in [9.17, 15) is 14.0 Å². The Balaban J connectivity index is 1.78. The summed E-state index contributed by atoms with van der Waals surface area (Å²) >= 11 is 0. The summed E-state index contributed by atoms with van der Waals surface area (Å²) in [6.45, 7) is 2.10. The minimum absolute atomic E-state index is 0.0233. The van der Waals surface area contributed by atoms with Crippen LogP contribution in [0.25, 0.3) is 0 Å². The molecule has 1 N–H and O–H groups in total. The van der Waals surface area contributed by atoms with Crippen LogP contribution in [0.1, 0.15) is 37.7 Å². The van der Waals surface area contributed by atoms with Gasteiger partial charge in [0.2, 0.25) is 5.91 Å². The number of piperidine rings is 1. The Bertz CT molecular complexity index is 634. The standard InChI is InChI=1S/C19H24FNO4/c20-16-3-1-2-15(13-16)19(6-10-25-11-7-19)18(24)21-8-4-14(5-9-21)12-17(22)23/h1-3,13-14H,4-12H2,(H,22,23). The fourth-order valence-electron chi connectivity index (χ4n) is 4.02. The maximum Gasteiger partial charge on any atom is 0.303 e. The van der Waals surface area contributed by atoms with Gasteiger partial charge in [0.05, 0.1) is 5.41 Å². The third-order valence-electron chi connectivity index (χ3n) is 5.50. The Morgan fingerprint density at radius 2 is 1.92 bits per heavy atom. The molecule has 1 aromatic carbocycles. The molecule has 1 amide bonds. The molecule has 0 aliphatic carbocycles. The highest BCUT2D eigenvalue weighted by atomic mass is 19.1. The molecular weight excluding hydrogens is 325 g/mol. The highest BCUT2D eigenvalue weighted by Gasteiger charge is 2.44. The van der Waals surface area contributed by atoms with Gasteiger partial charge in [-0.1, -0.05) is 12.1 Å². The fourth-order valence-corrected chi connectivity index (χ4v) is 4.02. The van der Waals surface area contributed by atoms with Gasteiger partial charge in [-0.3, -0.25) is 9.59 Å². The van der Waals surface area contributed by atoms with Crippen LogP contribution in [0, 0.1) is 11.7 Å². The molecule has 25 heavy (non-hydrogen) atoms. The number of hydrogen-bond donors (Lipinski definition) is 1. The highest BCUT2D eigenvalue weighted by Crippen LogP contribution is 2.38. The van der Waals surface area contributed by atoms with Crippen molar-refractivity contribution in [3.05, 3.63) is 35.6 Å². The lowest BCUT2D eigenvalue weighted by atomic mass is 9.72. The van der Waals surface area contributed by atoms with Gasteiger partial charge in [0.25, 0.3) is 0 Å². The van der Waals surface area contributed by atoms with Crippen LogP contribution in [-0.2, 0) is 19.7 Å². The Morgan fingerprint density at radius 1 is 1.24 bits per heavy atom. The molecule has 0 saturated carbocycles. The zero-order valence-corrected chi connectivity index (χ0v) is 14.2. The van der Waals surface area contributed by atoms with E-state index in [0.717, 1.165) is 0 Å². The predicted molar refractivity (Wildman–Crippen MR) is 89.7 cm³/mol. The molecular formula is C19H24FNO4. The van der Waals surface area contributed by atoms with Crippen molar-refractivity contribution in [2.24, 2.45) is 5.92 Å². The molecule has 0 aromatic heterocycles. The van der Waals surface area contributed by atoms with Crippen molar-refractivity contribution in [2.45, 2.75) is 37.5 Å². The van der Waals surface area contributed by atoms with Gasteiger partial charge in [0.15, 0.2) is 0 Å². The lowest BCUT2D eigenvalue weighted by Gasteiger charge is -2.42. The lowest BCUT2D eigenvalue weighted by Crippen LogP contribution is -2.52. The first-order valence-electron chi connectivity index (χ1n) is 8.86. The molecule has 6 heteroatoms. The summed E-state index contributed by atoms with van der Waals surface area (Å²) in [6, 6.07) is 6.32. The number of likely N-dealkylation sites (tertiary alicyclic amines) is 1. The van der Waals surface area contributed by atoms with Crippen LogP contribution >= 0.6 is 0 Å². The SMILES string of the molecule is O=C(O)CC1CCN(C(=O)C2(c3cccc(F)c3)CCOCC2)CC1. The van der Waals surface area contributed by atoms with E-state index in [1.807, 2.05) is 11.0 Å². The van der Waals surface area contributed by atoms with Crippen molar-refractivity contribution >= 4 is 11.9 Å². The molecule has 0 unspecified atom stereocenters. The van der Waals surface area contributed by atoms with Gasteiger partial charge in [-0.25, -0.2) is 4.39 Å². The van der Waals surface area contributed by atoms with Gasteiger partial charge in [-0.05, 0) is 49.3 Å². The molecule has 2 fully saturated rings. The predicted octanol–water partition coefficient (Wildman–Crippen LogP) is 2.59. The van der Waals surface area contributed by atoms with Crippen molar-refractivity contribution in [1.29, 1.82) is 0 Å². The van der Waals surface area contributed by atoms with Gasteiger partial charge in [-0.2, -0.15) is 0 Å². The van der Waals surface area contributed by atoms with Crippen LogP contribution < -0.4 is 0 Å². The van der Waals surface area contributed by atoms with Gasteiger partial charge >= 0.3 is 5.97 Å². The number of benzene rings is 1. The average molecular weight is 349 g/mol. The molecule has 0 radical (unpaired) electrons. The number of carbonyl (C=O) groups excluding carboxylic acids is 1. The normalized spacial score (nSPS) is 21.1. The van der Waals surface area contributed by atoms with E-state index >= 15 is 0 Å². The maximum atomic E-state index is 13.8. The maximum absolute atomic E-state index is 13.8. The molecule has 2 heterocycles. The summed E-state index contributed by atoms with van der Waals surface area (Å²) in [5.74, 6) is -0.974. The van der Waals surface area contributed by atoms with Crippen molar-refractivity contribution < 1.29 is 23.8 Å². The van der Waals surface area contributed by atoms with E-state index < -0.39 is 11.4 Å². The molecule has 2 aliphatic rings. The molecule has 0 bridgehead atoms. The molecule has 3 rings (SSSR count). The first-order chi connectivity index (χ1) is 12.0. The molecule has 0 atom stereocenters. The summed E-state index contributed by atoms with van der Waals surface area (Å²) < 4.78 is 19.2. The quantitative estimate of drug-likeness (QED) is 0.907. The zero-order chi connectivity index (χ0) is 17.9. The monoisotopic (exact) mass is 349 g/mol. The number of aliphatic carboxylic acids is 1. The molecule has 2 saturated heterocycles. The number of carboxylic acids is 1. The minimum atomic E-state index is -0.787. The zero-order valence-electron chi connectivity index (χ0n) is 14.2. The first-order valence-corrected chi connectivity index (χ1v) is 8.86. The van der Waals surface area contributed by atoms with Crippen LogP contribution in [0.2, 0.25) is 0 Å². The van der Waals surface area contributed by atoms with Crippen molar-refractivity contribution in [1.82, 2.24) is 4.90 Å². The van der Waals surface area contributed by atoms with Crippen molar-refractivity contribution in [2.75, 3.05) is 26.3 Å². The van der Waals surface area contributed by atoms with Crippen LogP contribution in [0.5, 0.6) is 0 Å². The number of rotatable bonds is 4. The Morgan fingerprint density at radius 3 is 2.52 bits per heavy atom. The molecule has 5 nitrogen and oxygen atoms in total. The van der Waals surface area contributed by atoms with E-state index in [1.54, 1.807) is 6.07 Å². The number of amides is 1. The second kappa shape index (κ2) is 7.52. The average Bonchev–Trinajstić information content (AvgIpc) is 2.62. The number of hydrogen-bond acceptors (Lipinski definition) is 3. The fraction of sp³-hybridized carbons (Fsp3) is 0.579. The largest absolute Gasteiger partial charge is 0.481 e. The Kier molecular flexibility index (Phi) is 5.37. The summed E-state index contributed by atoms with van der Waals surface area (Å²) in [5.41, 5.74) is -0.0200. The smallest absolute Gasteiger partial charge is 0.303 e. The third kappa shape index (κ3) is 3.84. The van der Waals surface area contributed by atoms with Crippen LogP contribution in [0.3, 0.4) is 0 Å². The summed E-state index contributed by atoms with van der Waals surface area (Å²) in [5, 5.41) is 8.93. The number of carbonyl (C=O) groups is 2. The second-order valence-corrected chi connectivity index (χ2v) is 7.04. The van der Waals surface area contributed by atoms with Gasteiger partial charge in [0, 0.05) is 32.7 Å².